The van der Waals surface area contributed by atoms with Crippen LogP contribution in [0.25, 0.3) is 21.5 Å². The first-order chi connectivity index (χ1) is 18.5. The van der Waals surface area contributed by atoms with Crippen molar-refractivity contribution >= 4 is 26.7 Å². The first-order valence-electron chi connectivity index (χ1n) is 13.6. The van der Waals surface area contributed by atoms with Gasteiger partial charge in [0.05, 0.1) is 52.2 Å². The van der Waals surface area contributed by atoms with Crippen molar-refractivity contribution < 1.29 is 9.50 Å². The number of halogens is 1. The van der Waals surface area contributed by atoms with E-state index in [1.807, 2.05) is 28.8 Å². The highest BCUT2D eigenvalue weighted by Gasteiger charge is 2.58. The number of nitrogens with zero attached hydrogens (tertiary/aromatic N) is 4. The van der Waals surface area contributed by atoms with Crippen LogP contribution in [0.15, 0.2) is 48.9 Å². The molecule has 4 aromatic rings. The van der Waals surface area contributed by atoms with Crippen LogP contribution in [-0.4, -0.2) is 31.8 Å². The molecular weight excluding hydrogens is 497 g/mol. The SMILES string of the molecule is N#Cc1ccc2nc(NC3C4CC5CC3CC(C(O)CC3c6c(F)cccc6-c6cncn63)(C5)C4)sc2c1. The fourth-order valence-electron chi connectivity index (χ4n) is 8.62. The molecule has 9 rings (SSSR count). The third kappa shape index (κ3) is 3.25. The lowest BCUT2D eigenvalue weighted by Crippen LogP contribution is -2.59. The average molecular weight is 526 g/mol. The van der Waals surface area contributed by atoms with Gasteiger partial charge in [0, 0.05) is 17.2 Å². The Morgan fingerprint density at radius 2 is 2.05 bits per heavy atom. The zero-order chi connectivity index (χ0) is 25.6. The molecule has 5 aliphatic rings. The van der Waals surface area contributed by atoms with Crippen LogP contribution in [0.4, 0.5) is 9.52 Å². The van der Waals surface area contributed by atoms with Crippen LogP contribution in [0, 0.1) is 40.3 Å². The smallest absolute Gasteiger partial charge is 0.184 e. The fourth-order valence-corrected chi connectivity index (χ4v) is 9.57. The summed E-state index contributed by atoms with van der Waals surface area (Å²) in [6.07, 6.45) is 9.05. The number of aliphatic hydroxyl groups excluding tert-OH is 1. The standard InChI is InChI=1S/C30H28FN5OS/c31-21-3-1-2-20-24-14-33-15-36(24)23(27(20)21)9-26(37)30-10-17-6-18(11-30)28(19(7-17)12-30)35-29-34-22-5-4-16(13-32)8-25(22)38-29/h1-5,8,14-15,17-19,23,26,28,37H,6-7,9-12H2,(H,34,35). The van der Waals surface area contributed by atoms with Crippen molar-refractivity contribution in [2.75, 3.05) is 5.32 Å². The maximum atomic E-state index is 15.0. The van der Waals surface area contributed by atoms with Gasteiger partial charge in [-0.2, -0.15) is 5.26 Å². The summed E-state index contributed by atoms with van der Waals surface area (Å²) in [6.45, 7) is 0. The molecule has 0 spiro atoms. The highest BCUT2D eigenvalue weighted by molar-refractivity contribution is 7.22. The molecule has 4 atom stereocenters. The summed E-state index contributed by atoms with van der Waals surface area (Å²) < 4.78 is 18.1. The molecule has 0 saturated heterocycles. The molecule has 192 valence electrons. The molecule has 38 heavy (non-hydrogen) atoms. The predicted molar refractivity (Wildman–Crippen MR) is 144 cm³/mol. The molecule has 2 aromatic heterocycles. The Labute approximate surface area is 224 Å². The first-order valence-corrected chi connectivity index (χ1v) is 14.4. The summed E-state index contributed by atoms with van der Waals surface area (Å²) in [5.41, 5.74) is 4.00. The van der Waals surface area contributed by atoms with Gasteiger partial charge >= 0.3 is 0 Å². The van der Waals surface area contributed by atoms with Crippen LogP contribution >= 0.6 is 11.3 Å². The van der Waals surface area contributed by atoms with Gasteiger partial charge in [-0.1, -0.05) is 23.5 Å². The molecule has 4 fully saturated rings. The van der Waals surface area contributed by atoms with Crippen LogP contribution in [-0.2, 0) is 0 Å². The Morgan fingerprint density at radius 1 is 1.21 bits per heavy atom. The first kappa shape index (κ1) is 22.7. The average Bonchev–Trinajstić information content (AvgIpc) is 3.61. The van der Waals surface area contributed by atoms with Crippen molar-refractivity contribution in [2.45, 2.75) is 56.7 Å². The van der Waals surface area contributed by atoms with E-state index in [2.05, 4.69) is 16.4 Å². The van der Waals surface area contributed by atoms with Gasteiger partial charge in [0.2, 0.25) is 0 Å². The molecule has 4 saturated carbocycles. The predicted octanol–water partition coefficient (Wildman–Crippen LogP) is 6.13. The van der Waals surface area contributed by atoms with E-state index in [1.54, 1.807) is 29.9 Å². The van der Waals surface area contributed by atoms with E-state index in [-0.39, 0.29) is 17.3 Å². The molecule has 8 heteroatoms. The number of fused-ring (bicyclic) bond motifs is 4. The number of hydrogen-bond donors (Lipinski definition) is 2. The van der Waals surface area contributed by atoms with Crippen molar-refractivity contribution in [3.63, 3.8) is 0 Å². The number of nitriles is 1. The summed E-state index contributed by atoms with van der Waals surface area (Å²) in [5, 5.41) is 25.8. The number of anilines is 1. The summed E-state index contributed by atoms with van der Waals surface area (Å²) in [7, 11) is 0. The number of aromatic nitrogens is 3. The maximum Gasteiger partial charge on any atom is 0.184 e. The number of rotatable bonds is 5. The van der Waals surface area contributed by atoms with Gasteiger partial charge in [-0.3, -0.25) is 0 Å². The number of imidazole rings is 1. The molecule has 0 radical (unpaired) electrons. The molecule has 6 nitrogen and oxygen atoms in total. The van der Waals surface area contributed by atoms with E-state index < -0.39 is 6.10 Å². The molecular formula is C30H28FN5OS. The van der Waals surface area contributed by atoms with Gasteiger partial charge < -0.3 is 15.0 Å². The third-order valence-electron chi connectivity index (χ3n) is 9.95. The normalized spacial score (nSPS) is 31.2. The van der Waals surface area contributed by atoms with Crippen LogP contribution < -0.4 is 5.32 Å². The highest BCUT2D eigenvalue weighted by atomic mass is 32.1. The Hall–Kier alpha value is -3.28. The fraction of sp³-hybridized carbons (Fsp3) is 0.433. The minimum atomic E-state index is -0.491. The highest BCUT2D eigenvalue weighted by Crippen LogP contribution is 2.63. The Bertz CT molecular complexity index is 1600. The second kappa shape index (κ2) is 8.11. The zero-order valence-electron chi connectivity index (χ0n) is 20.8. The number of benzene rings is 2. The van der Waals surface area contributed by atoms with Crippen LogP contribution in [0.1, 0.15) is 55.7 Å². The second-order valence-electron chi connectivity index (χ2n) is 12.0. The molecule has 0 amide bonds. The largest absolute Gasteiger partial charge is 0.392 e. The number of aliphatic hydroxyl groups is 1. The number of hydrogen-bond acceptors (Lipinski definition) is 6. The molecule has 4 bridgehead atoms. The molecule has 2 aromatic carbocycles. The van der Waals surface area contributed by atoms with Gasteiger partial charge in [-0.05, 0) is 86.0 Å². The van der Waals surface area contributed by atoms with E-state index in [4.69, 9.17) is 4.98 Å². The van der Waals surface area contributed by atoms with Crippen molar-refractivity contribution in [3.05, 3.63) is 65.9 Å². The number of thiazole rings is 1. The van der Waals surface area contributed by atoms with Crippen molar-refractivity contribution in [1.82, 2.24) is 14.5 Å². The minimum absolute atomic E-state index is 0.112. The van der Waals surface area contributed by atoms with Crippen molar-refractivity contribution in [3.8, 4) is 17.3 Å². The van der Waals surface area contributed by atoms with Crippen molar-refractivity contribution in [2.24, 2.45) is 23.2 Å². The Balaban J connectivity index is 1.05. The van der Waals surface area contributed by atoms with Gasteiger partial charge in [0.1, 0.15) is 5.82 Å². The van der Waals surface area contributed by atoms with E-state index in [1.165, 1.54) is 18.9 Å². The lowest BCUT2D eigenvalue weighted by Gasteiger charge is -2.61. The van der Waals surface area contributed by atoms with Crippen LogP contribution in [0.3, 0.4) is 0 Å². The Morgan fingerprint density at radius 3 is 2.87 bits per heavy atom. The summed E-state index contributed by atoms with van der Waals surface area (Å²) in [5.74, 6) is 1.43. The van der Waals surface area contributed by atoms with E-state index >= 15 is 4.39 Å². The maximum absolute atomic E-state index is 15.0. The van der Waals surface area contributed by atoms with Gasteiger partial charge in [0.15, 0.2) is 5.13 Å². The summed E-state index contributed by atoms with van der Waals surface area (Å²) >= 11 is 1.62. The van der Waals surface area contributed by atoms with Gasteiger partial charge in [-0.15, -0.1) is 0 Å². The van der Waals surface area contributed by atoms with E-state index in [0.717, 1.165) is 45.9 Å². The third-order valence-corrected chi connectivity index (χ3v) is 10.9. The lowest BCUT2D eigenvalue weighted by molar-refractivity contribution is -0.129. The molecule has 4 aliphatic carbocycles. The van der Waals surface area contributed by atoms with Gasteiger partial charge in [-0.25, -0.2) is 14.4 Å². The Kier molecular flexibility index (Phi) is 4.84. The second-order valence-corrected chi connectivity index (χ2v) is 13.0. The van der Waals surface area contributed by atoms with E-state index in [0.29, 0.717) is 41.3 Å². The van der Waals surface area contributed by atoms with Gasteiger partial charge in [0.25, 0.3) is 0 Å². The van der Waals surface area contributed by atoms with Crippen molar-refractivity contribution in [1.29, 1.82) is 5.26 Å². The monoisotopic (exact) mass is 525 g/mol. The molecule has 2 N–H and O–H groups in total. The number of nitrogens with one attached hydrogen (secondary N) is 1. The summed E-state index contributed by atoms with van der Waals surface area (Å²) in [6, 6.07) is 13.3. The zero-order valence-corrected chi connectivity index (χ0v) is 21.7. The van der Waals surface area contributed by atoms with Crippen LogP contribution in [0.5, 0.6) is 0 Å². The minimum Gasteiger partial charge on any atom is -0.392 e. The topological polar surface area (TPSA) is 86.8 Å². The quantitative estimate of drug-likeness (QED) is 0.327. The van der Waals surface area contributed by atoms with E-state index in [9.17, 15) is 10.4 Å². The molecule has 4 unspecified atom stereocenters. The molecule has 3 heterocycles. The van der Waals surface area contributed by atoms with Crippen LogP contribution in [0.2, 0.25) is 0 Å². The summed E-state index contributed by atoms with van der Waals surface area (Å²) in [4.78, 5) is 9.14. The molecule has 1 aliphatic heterocycles. The lowest BCUT2D eigenvalue weighted by atomic mass is 9.46.